The number of esters is 1. The minimum Gasteiger partial charge on any atom is -0.455 e. The van der Waals surface area contributed by atoms with Crippen LogP contribution in [0, 0.1) is 11.8 Å². The lowest BCUT2D eigenvalue weighted by molar-refractivity contribution is -0.158. The number of aliphatic hydroxyl groups excluding tert-OH is 1. The summed E-state index contributed by atoms with van der Waals surface area (Å²) >= 11 is 0. The molecule has 1 saturated carbocycles. The number of benzene rings is 2. The lowest BCUT2D eigenvalue weighted by atomic mass is 9.93. The second-order valence-corrected chi connectivity index (χ2v) is 12.1. The highest BCUT2D eigenvalue weighted by Gasteiger charge is 2.37. The maximum atomic E-state index is 13.8. The van der Waals surface area contributed by atoms with Crippen LogP contribution in [-0.4, -0.2) is 54.8 Å². The Kier molecular flexibility index (Phi) is 15.0. The van der Waals surface area contributed by atoms with Crippen molar-refractivity contribution in [2.75, 3.05) is 20.3 Å². The zero-order valence-electron chi connectivity index (χ0n) is 26.6. The molecule has 3 N–H and O–H groups in total. The molecule has 244 valence electrons. The average molecular weight is 619 g/mol. The van der Waals surface area contributed by atoms with E-state index in [9.17, 15) is 19.5 Å². The van der Waals surface area contributed by atoms with Gasteiger partial charge in [-0.05, 0) is 56.1 Å². The minimum atomic E-state index is -0.824. The van der Waals surface area contributed by atoms with E-state index in [-0.39, 0.29) is 49.8 Å². The number of amides is 2. The first-order valence-corrected chi connectivity index (χ1v) is 16.1. The number of rotatable bonds is 20. The van der Waals surface area contributed by atoms with Crippen LogP contribution in [0.3, 0.4) is 0 Å². The van der Waals surface area contributed by atoms with Crippen LogP contribution in [0.25, 0.3) is 0 Å². The summed E-state index contributed by atoms with van der Waals surface area (Å²) in [5.41, 5.74) is 1.14. The monoisotopic (exact) mass is 618 g/mol. The number of carbonyl (C=O) groups is 3. The van der Waals surface area contributed by atoms with Gasteiger partial charge in [0.1, 0.15) is 6.10 Å². The normalized spacial score (nSPS) is 16.5. The summed E-state index contributed by atoms with van der Waals surface area (Å²) < 4.78 is 11.8. The van der Waals surface area contributed by atoms with Crippen LogP contribution in [0.15, 0.2) is 86.0 Å². The average Bonchev–Trinajstić information content (AvgIpc) is 3.52. The molecule has 0 aromatic heterocycles. The lowest BCUT2D eigenvalue weighted by Gasteiger charge is -2.31. The van der Waals surface area contributed by atoms with Gasteiger partial charge in [0.25, 0.3) is 0 Å². The van der Waals surface area contributed by atoms with Crippen LogP contribution in [0.2, 0.25) is 0 Å². The van der Waals surface area contributed by atoms with E-state index in [2.05, 4.69) is 23.8 Å². The van der Waals surface area contributed by atoms with Crippen LogP contribution >= 0.6 is 0 Å². The van der Waals surface area contributed by atoms with Gasteiger partial charge in [0.15, 0.2) is 0 Å². The molecular weight excluding hydrogens is 568 g/mol. The predicted molar refractivity (Wildman–Crippen MR) is 176 cm³/mol. The van der Waals surface area contributed by atoms with E-state index in [4.69, 9.17) is 9.47 Å². The molecule has 0 saturated heterocycles. The van der Waals surface area contributed by atoms with Crippen molar-refractivity contribution >= 4 is 17.8 Å². The highest BCUT2D eigenvalue weighted by atomic mass is 16.5. The Morgan fingerprint density at radius 3 is 2.24 bits per heavy atom. The molecule has 0 radical (unpaired) electrons. The summed E-state index contributed by atoms with van der Waals surface area (Å²) in [7, 11) is 1.53. The van der Waals surface area contributed by atoms with Crippen molar-refractivity contribution < 1.29 is 29.0 Å². The number of aliphatic hydroxyl groups is 1. The molecule has 0 heterocycles. The molecule has 4 atom stereocenters. The van der Waals surface area contributed by atoms with E-state index in [0.717, 1.165) is 36.8 Å². The topological polar surface area (TPSA) is 114 Å². The Labute approximate surface area is 268 Å². The Morgan fingerprint density at radius 1 is 0.978 bits per heavy atom. The van der Waals surface area contributed by atoms with E-state index in [0.29, 0.717) is 25.7 Å². The van der Waals surface area contributed by atoms with Gasteiger partial charge in [-0.15, -0.1) is 13.2 Å². The number of ether oxygens (including phenoxy) is 2. The largest absolute Gasteiger partial charge is 0.455 e. The van der Waals surface area contributed by atoms with Gasteiger partial charge in [-0.2, -0.15) is 0 Å². The second kappa shape index (κ2) is 18.9. The molecule has 2 amide bonds. The molecule has 0 bridgehead atoms. The van der Waals surface area contributed by atoms with Crippen molar-refractivity contribution in [2.24, 2.45) is 11.8 Å². The van der Waals surface area contributed by atoms with Crippen LogP contribution in [0.5, 0.6) is 0 Å². The maximum Gasteiger partial charge on any atom is 0.309 e. The molecular formula is C37H50N2O6. The molecule has 2 aromatic carbocycles. The fourth-order valence-corrected chi connectivity index (χ4v) is 6.07. The van der Waals surface area contributed by atoms with E-state index < -0.39 is 23.6 Å². The first-order chi connectivity index (χ1) is 21.8. The molecule has 2 aromatic rings. The predicted octanol–water partition coefficient (Wildman–Crippen LogP) is 5.62. The fraction of sp³-hybridized carbons (Fsp3) is 0.486. The number of hydrogen-bond acceptors (Lipinski definition) is 6. The number of hydrogen-bond donors (Lipinski definition) is 3. The summed E-state index contributed by atoms with van der Waals surface area (Å²) in [6.45, 7) is 7.56. The SMILES string of the molecule is C=CCCCC(Cc1ccccc1)C(=O)OC(c1ccccc1)C(COC)NC(=O)C(CC=C)CC(=O)NC1(CO)CCCC1. The van der Waals surface area contributed by atoms with E-state index in [1.165, 1.54) is 7.11 Å². The van der Waals surface area contributed by atoms with Gasteiger partial charge < -0.3 is 25.2 Å². The first kappa shape index (κ1) is 35.7. The third-order valence-corrected chi connectivity index (χ3v) is 8.55. The van der Waals surface area contributed by atoms with Gasteiger partial charge in [-0.1, -0.05) is 85.7 Å². The minimum absolute atomic E-state index is 0.0580. The van der Waals surface area contributed by atoms with Crippen LogP contribution in [0.4, 0.5) is 0 Å². The number of methoxy groups -OCH3 is 1. The molecule has 1 aliphatic rings. The molecule has 45 heavy (non-hydrogen) atoms. The maximum absolute atomic E-state index is 13.8. The van der Waals surface area contributed by atoms with Crippen molar-refractivity contribution in [2.45, 2.75) is 81.9 Å². The zero-order valence-corrected chi connectivity index (χ0v) is 26.6. The van der Waals surface area contributed by atoms with E-state index >= 15 is 0 Å². The van der Waals surface area contributed by atoms with Gasteiger partial charge in [0, 0.05) is 13.5 Å². The van der Waals surface area contributed by atoms with Crippen molar-refractivity contribution in [1.29, 1.82) is 0 Å². The van der Waals surface area contributed by atoms with Gasteiger partial charge in [-0.3, -0.25) is 14.4 Å². The Morgan fingerprint density at radius 2 is 1.64 bits per heavy atom. The molecule has 1 fully saturated rings. The number of nitrogens with one attached hydrogen (secondary N) is 2. The molecule has 0 spiro atoms. The van der Waals surface area contributed by atoms with Gasteiger partial charge >= 0.3 is 5.97 Å². The van der Waals surface area contributed by atoms with Crippen molar-refractivity contribution in [3.05, 3.63) is 97.1 Å². The van der Waals surface area contributed by atoms with Gasteiger partial charge in [0.2, 0.25) is 11.8 Å². The van der Waals surface area contributed by atoms with Crippen molar-refractivity contribution in [1.82, 2.24) is 10.6 Å². The molecule has 4 unspecified atom stereocenters. The second-order valence-electron chi connectivity index (χ2n) is 12.1. The number of allylic oxidation sites excluding steroid dienone is 2. The first-order valence-electron chi connectivity index (χ1n) is 16.1. The summed E-state index contributed by atoms with van der Waals surface area (Å²) in [5.74, 6) is -2.08. The molecule has 8 nitrogen and oxygen atoms in total. The molecule has 3 rings (SSSR count). The summed E-state index contributed by atoms with van der Waals surface area (Å²) in [4.78, 5) is 40.6. The molecule has 0 aliphatic heterocycles. The molecule has 8 heteroatoms. The van der Waals surface area contributed by atoms with Crippen LogP contribution in [0.1, 0.15) is 75.0 Å². The lowest BCUT2D eigenvalue weighted by Crippen LogP contribution is -2.51. The van der Waals surface area contributed by atoms with Gasteiger partial charge in [0.05, 0.1) is 36.6 Å². The quantitative estimate of drug-likeness (QED) is 0.101. The summed E-state index contributed by atoms with van der Waals surface area (Å²) in [5, 5.41) is 16.0. The van der Waals surface area contributed by atoms with Crippen LogP contribution < -0.4 is 10.6 Å². The Bertz CT molecular complexity index is 1210. The van der Waals surface area contributed by atoms with E-state index in [1.54, 1.807) is 6.08 Å². The van der Waals surface area contributed by atoms with Crippen LogP contribution in [-0.2, 0) is 30.3 Å². The van der Waals surface area contributed by atoms with Gasteiger partial charge in [-0.25, -0.2) is 0 Å². The Balaban J connectivity index is 1.81. The number of carbonyl (C=O) groups excluding carboxylic acids is 3. The summed E-state index contributed by atoms with van der Waals surface area (Å²) in [6.07, 6.45) is 8.93. The van der Waals surface area contributed by atoms with E-state index in [1.807, 2.05) is 66.7 Å². The van der Waals surface area contributed by atoms with Crippen molar-refractivity contribution in [3.8, 4) is 0 Å². The zero-order chi connectivity index (χ0) is 32.5. The number of unbranched alkanes of at least 4 members (excludes halogenated alkanes) is 1. The summed E-state index contributed by atoms with van der Waals surface area (Å²) in [6, 6.07) is 18.5. The standard InChI is InChI=1S/C37H50N2O6/c1-4-6-9-21-31(24-28-17-10-7-11-18-28)36(43)45-34(29-19-12-8-13-20-29)32(26-44-3)38-35(42)30(16-5-2)25-33(41)39-37(27-40)22-14-15-23-37/h4-5,7-8,10-13,17-20,30-32,34,40H,1-2,6,9,14-16,21-27H2,3H3,(H,38,42)(H,39,41). The highest BCUT2D eigenvalue weighted by Crippen LogP contribution is 2.30. The smallest absolute Gasteiger partial charge is 0.309 e. The fourth-order valence-electron chi connectivity index (χ4n) is 6.07. The third kappa shape index (κ3) is 11.3. The molecule has 1 aliphatic carbocycles. The highest BCUT2D eigenvalue weighted by molar-refractivity contribution is 5.86. The third-order valence-electron chi connectivity index (χ3n) is 8.55. The van der Waals surface area contributed by atoms with Crippen molar-refractivity contribution in [3.63, 3.8) is 0 Å². The Hall–Kier alpha value is -3.75.